The molecule has 0 saturated carbocycles. The minimum Gasteiger partial charge on any atom is -0.497 e. The number of aryl methyl sites for hydroxylation is 1. The molecule has 3 rings (SSSR count). The Balaban J connectivity index is 2.02. The van der Waals surface area contributed by atoms with Crippen molar-refractivity contribution in [3.63, 3.8) is 0 Å². The van der Waals surface area contributed by atoms with Crippen LogP contribution >= 0.6 is 34.4 Å². The summed E-state index contributed by atoms with van der Waals surface area (Å²) in [5, 5.41) is 4.02. The number of nitrogens with zero attached hydrogens (tertiary/aromatic N) is 4. The van der Waals surface area contributed by atoms with Crippen LogP contribution in [0.25, 0.3) is 11.2 Å². The quantitative estimate of drug-likeness (QED) is 0.406. The normalized spacial score (nSPS) is 11.2. The number of anilines is 1. The van der Waals surface area contributed by atoms with Gasteiger partial charge in [0, 0.05) is 15.0 Å². The number of aromatic nitrogens is 4. The third-order valence-corrected chi connectivity index (χ3v) is 6.03. The molecule has 0 fully saturated rings. The monoisotopic (exact) mass is 470 g/mol. The summed E-state index contributed by atoms with van der Waals surface area (Å²) < 4.78 is 8.58. The van der Waals surface area contributed by atoms with Crippen LogP contribution in [0.15, 0.2) is 34.6 Å². The van der Waals surface area contributed by atoms with E-state index in [-0.39, 0.29) is 0 Å². The van der Waals surface area contributed by atoms with Gasteiger partial charge in [-0.2, -0.15) is 0 Å². The van der Waals surface area contributed by atoms with E-state index >= 15 is 0 Å². The van der Waals surface area contributed by atoms with E-state index in [1.54, 1.807) is 18.9 Å². The minimum atomic E-state index is 0.402. The molecule has 3 N–H and O–H groups in total. The summed E-state index contributed by atoms with van der Waals surface area (Å²) in [6, 6.07) is 5.99. The zero-order valence-electron chi connectivity index (χ0n) is 14.0. The van der Waals surface area contributed by atoms with Crippen molar-refractivity contribution in [2.75, 3.05) is 26.4 Å². The van der Waals surface area contributed by atoms with Crippen molar-refractivity contribution >= 4 is 51.3 Å². The molecule has 0 saturated heterocycles. The highest BCUT2D eigenvalue weighted by Crippen LogP contribution is 2.35. The molecule has 9 heteroatoms. The van der Waals surface area contributed by atoms with Crippen LogP contribution in [0.4, 0.5) is 5.82 Å². The molecule has 0 aliphatic rings. The zero-order valence-corrected chi connectivity index (χ0v) is 17.0. The lowest BCUT2D eigenvalue weighted by Crippen LogP contribution is -2.11. The molecule has 0 aliphatic heterocycles. The molecule has 0 radical (unpaired) electrons. The fourth-order valence-corrected chi connectivity index (χ4v) is 4.04. The van der Waals surface area contributed by atoms with E-state index in [1.165, 1.54) is 6.33 Å². The predicted molar refractivity (Wildman–Crippen MR) is 108 cm³/mol. The van der Waals surface area contributed by atoms with Crippen LogP contribution in [0, 0.1) is 3.57 Å². The molecule has 1 aromatic carbocycles. The number of nitrogens with one attached hydrogen (secondary N) is 1. The molecular weight excluding hydrogens is 451 g/mol. The maximum Gasteiger partial charge on any atom is 0.175 e. The van der Waals surface area contributed by atoms with Crippen molar-refractivity contribution in [3.8, 4) is 5.75 Å². The van der Waals surface area contributed by atoms with Crippen molar-refractivity contribution in [3.05, 3.63) is 28.1 Å². The Bertz CT molecular complexity index is 884. The van der Waals surface area contributed by atoms with Gasteiger partial charge in [0.05, 0.1) is 7.11 Å². The smallest absolute Gasteiger partial charge is 0.175 e. The number of hydrogen-bond donors (Lipinski definition) is 2. The van der Waals surface area contributed by atoms with Crippen LogP contribution in [0.5, 0.6) is 5.75 Å². The lowest BCUT2D eigenvalue weighted by molar-refractivity contribution is 0.413. The second-order valence-electron chi connectivity index (χ2n) is 5.33. The Kier molecular flexibility index (Phi) is 5.97. The maximum atomic E-state index is 5.99. The second kappa shape index (κ2) is 8.19. The van der Waals surface area contributed by atoms with Gasteiger partial charge in [-0.15, -0.1) is 0 Å². The van der Waals surface area contributed by atoms with Gasteiger partial charge in [0.1, 0.15) is 12.1 Å². The van der Waals surface area contributed by atoms with Gasteiger partial charge >= 0.3 is 0 Å². The predicted octanol–water partition coefficient (Wildman–Crippen LogP) is 2.78. The number of nitrogens with two attached hydrogens (primary N) is 1. The molecular formula is C16H19IN6OS. The highest BCUT2D eigenvalue weighted by molar-refractivity contribution is 14.1. The Morgan fingerprint density at radius 1 is 1.36 bits per heavy atom. The molecule has 0 atom stereocenters. The molecule has 2 aromatic heterocycles. The Labute approximate surface area is 163 Å². The molecule has 132 valence electrons. The SMILES string of the molecule is CNCCCn1c(Sc2cc(OC)ccc2I)nc2c(N)ncnc21. The number of benzene rings is 1. The number of methoxy groups -OCH3 is 1. The third-order valence-electron chi connectivity index (χ3n) is 3.67. The standard InChI is InChI=1S/C16H19IN6OS/c1-19-6-3-7-23-15-13(14(18)20-9-21-15)22-16(23)25-12-8-10(24-2)4-5-11(12)17/h4-5,8-9,19H,3,6-7H2,1-2H3,(H2,18,20,21). The van der Waals surface area contributed by atoms with Gasteiger partial charge in [-0.1, -0.05) is 11.8 Å². The first-order valence-electron chi connectivity index (χ1n) is 7.76. The summed E-state index contributed by atoms with van der Waals surface area (Å²) >= 11 is 3.90. The maximum absolute atomic E-state index is 5.99. The molecule has 7 nitrogen and oxygen atoms in total. The van der Waals surface area contributed by atoms with Gasteiger partial charge in [-0.3, -0.25) is 0 Å². The number of hydrogen-bond acceptors (Lipinski definition) is 7. The van der Waals surface area contributed by atoms with E-state index in [0.29, 0.717) is 11.3 Å². The summed E-state index contributed by atoms with van der Waals surface area (Å²) in [6.07, 6.45) is 2.45. The van der Waals surface area contributed by atoms with Crippen molar-refractivity contribution in [1.29, 1.82) is 0 Å². The Hall–Kier alpha value is -1.59. The van der Waals surface area contributed by atoms with Gasteiger partial charge in [-0.25, -0.2) is 15.0 Å². The fourth-order valence-electron chi connectivity index (χ4n) is 2.41. The van der Waals surface area contributed by atoms with E-state index in [4.69, 9.17) is 15.5 Å². The molecule has 25 heavy (non-hydrogen) atoms. The van der Waals surface area contributed by atoms with Crippen molar-refractivity contribution < 1.29 is 4.74 Å². The number of nitrogen functional groups attached to an aromatic ring is 1. The first-order chi connectivity index (χ1) is 12.1. The summed E-state index contributed by atoms with van der Waals surface area (Å²) in [5.41, 5.74) is 7.41. The second-order valence-corrected chi connectivity index (χ2v) is 7.50. The van der Waals surface area contributed by atoms with E-state index < -0.39 is 0 Å². The molecule has 0 spiro atoms. The van der Waals surface area contributed by atoms with E-state index in [1.807, 2.05) is 25.2 Å². The summed E-state index contributed by atoms with van der Waals surface area (Å²) in [5.74, 6) is 1.22. The molecule has 3 aromatic rings. The highest BCUT2D eigenvalue weighted by Gasteiger charge is 2.17. The number of ether oxygens (including phenoxy) is 1. The number of rotatable bonds is 7. The van der Waals surface area contributed by atoms with Crippen LogP contribution in [0.2, 0.25) is 0 Å². The summed E-state index contributed by atoms with van der Waals surface area (Å²) in [4.78, 5) is 14.2. The molecule has 0 amide bonds. The number of fused-ring (bicyclic) bond motifs is 1. The van der Waals surface area contributed by atoms with Crippen LogP contribution in [0.1, 0.15) is 6.42 Å². The first-order valence-corrected chi connectivity index (χ1v) is 9.66. The largest absolute Gasteiger partial charge is 0.497 e. The minimum absolute atomic E-state index is 0.402. The van der Waals surface area contributed by atoms with E-state index in [9.17, 15) is 0 Å². The molecule has 0 bridgehead atoms. The highest BCUT2D eigenvalue weighted by atomic mass is 127. The van der Waals surface area contributed by atoms with E-state index in [2.05, 4.69) is 42.4 Å². The topological polar surface area (TPSA) is 90.9 Å². The molecule has 0 unspecified atom stereocenters. The summed E-state index contributed by atoms with van der Waals surface area (Å²) in [7, 11) is 3.61. The average molecular weight is 470 g/mol. The lowest BCUT2D eigenvalue weighted by Gasteiger charge is -2.10. The molecule has 0 aliphatic carbocycles. The van der Waals surface area contributed by atoms with Gasteiger partial charge in [0.15, 0.2) is 22.1 Å². The number of imidazole rings is 1. The number of halogens is 1. The molecule has 2 heterocycles. The van der Waals surface area contributed by atoms with Gasteiger partial charge in [0.2, 0.25) is 0 Å². The average Bonchev–Trinajstić information content (AvgIpc) is 2.96. The first kappa shape index (κ1) is 18.2. The van der Waals surface area contributed by atoms with Gasteiger partial charge in [0.25, 0.3) is 0 Å². The van der Waals surface area contributed by atoms with Crippen LogP contribution < -0.4 is 15.8 Å². The zero-order chi connectivity index (χ0) is 17.8. The van der Waals surface area contributed by atoms with Crippen LogP contribution in [0.3, 0.4) is 0 Å². The van der Waals surface area contributed by atoms with Crippen molar-refractivity contribution in [1.82, 2.24) is 24.8 Å². The lowest BCUT2D eigenvalue weighted by atomic mass is 10.3. The van der Waals surface area contributed by atoms with Crippen LogP contribution in [-0.2, 0) is 6.54 Å². The van der Waals surface area contributed by atoms with Gasteiger partial charge in [-0.05, 0) is 60.8 Å². The van der Waals surface area contributed by atoms with Crippen molar-refractivity contribution in [2.45, 2.75) is 23.0 Å². The Morgan fingerprint density at radius 2 is 2.20 bits per heavy atom. The van der Waals surface area contributed by atoms with Crippen molar-refractivity contribution in [2.24, 2.45) is 0 Å². The fraction of sp³-hybridized carbons (Fsp3) is 0.312. The van der Waals surface area contributed by atoms with Crippen LogP contribution in [-0.4, -0.2) is 40.2 Å². The van der Waals surface area contributed by atoms with Gasteiger partial charge < -0.3 is 20.4 Å². The third kappa shape index (κ3) is 3.98. The van der Waals surface area contributed by atoms with E-state index in [0.717, 1.165) is 44.5 Å². The summed E-state index contributed by atoms with van der Waals surface area (Å²) in [6.45, 7) is 1.72. The Morgan fingerprint density at radius 3 is 2.96 bits per heavy atom.